The highest BCUT2D eigenvalue weighted by molar-refractivity contribution is 5.97. The number of nitrogens with one attached hydrogen (secondary N) is 1. The standard InChI is InChI=1S/C14H16N2O3/c1-9(17)8-15-14(18)12-7-13(19-2)10-5-3-4-6-11(10)16-12/h3-7,9,17H,8H2,1-2H3,(H,15,18). The van der Waals surface area contributed by atoms with E-state index in [2.05, 4.69) is 10.3 Å². The Morgan fingerprint density at radius 3 is 2.89 bits per heavy atom. The van der Waals surface area contributed by atoms with Crippen molar-refractivity contribution in [2.45, 2.75) is 13.0 Å². The molecular formula is C14H16N2O3. The number of rotatable bonds is 4. The van der Waals surface area contributed by atoms with Crippen molar-refractivity contribution in [1.82, 2.24) is 10.3 Å². The van der Waals surface area contributed by atoms with E-state index >= 15 is 0 Å². The van der Waals surface area contributed by atoms with Crippen molar-refractivity contribution in [3.8, 4) is 5.75 Å². The van der Waals surface area contributed by atoms with Crippen LogP contribution in [0.25, 0.3) is 10.9 Å². The molecule has 0 radical (unpaired) electrons. The van der Waals surface area contributed by atoms with E-state index in [0.717, 1.165) is 5.39 Å². The van der Waals surface area contributed by atoms with Gasteiger partial charge in [-0.3, -0.25) is 4.79 Å². The number of hydrogen-bond acceptors (Lipinski definition) is 4. The Morgan fingerprint density at radius 2 is 2.21 bits per heavy atom. The summed E-state index contributed by atoms with van der Waals surface area (Å²) >= 11 is 0. The maximum absolute atomic E-state index is 11.9. The molecule has 5 heteroatoms. The highest BCUT2D eigenvalue weighted by Gasteiger charge is 2.12. The summed E-state index contributed by atoms with van der Waals surface area (Å²) in [5.41, 5.74) is 0.972. The van der Waals surface area contributed by atoms with E-state index in [-0.39, 0.29) is 18.1 Å². The second-order valence-electron chi connectivity index (χ2n) is 4.29. The molecule has 0 aliphatic carbocycles. The Labute approximate surface area is 111 Å². The zero-order valence-electron chi connectivity index (χ0n) is 10.9. The van der Waals surface area contributed by atoms with Crippen LogP contribution < -0.4 is 10.1 Å². The molecule has 2 aromatic rings. The van der Waals surface area contributed by atoms with Crippen molar-refractivity contribution < 1.29 is 14.6 Å². The molecule has 0 aliphatic rings. The van der Waals surface area contributed by atoms with E-state index in [0.29, 0.717) is 11.3 Å². The summed E-state index contributed by atoms with van der Waals surface area (Å²) in [4.78, 5) is 16.2. The summed E-state index contributed by atoms with van der Waals surface area (Å²) in [6.45, 7) is 1.80. The van der Waals surface area contributed by atoms with E-state index in [1.54, 1.807) is 20.1 Å². The fourth-order valence-electron chi connectivity index (χ4n) is 1.76. The minimum atomic E-state index is -0.591. The second kappa shape index (κ2) is 5.67. The van der Waals surface area contributed by atoms with Crippen molar-refractivity contribution in [3.63, 3.8) is 0 Å². The van der Waals surface area contributed by atoms with Crippen LogP contribution in [0.15, 0.2) is 30.3 Å². The van der Waals surface area contributed by atoms with E-state index < -0.39 is 6.10 Å². The van der Waals surface area contributed by atoms with Crippen molar-refractivity contribution >= 4 is 16.8 Å². The van der Waals surface area contributed by atoms with Crippen LogP contribution in [0.5, 0.6) is 5.75 Å². The number of amides is 1. The lowest BCUT2D eigenvalue weighted by Crippen LogP contribution is -2.31. The van der Waals surface area contributed by atoms with E-state index in [9.17, 15) is 4.79 Å². The number of aliphatic hydroxyl groups is 1. The van der Waals surface area contributed by atoms with Crippen LogP contribution in [0.1, 0.15) is 17.4 Å². The van der Waals surface area contributed by atoms with Crippen molar-refractivity contribution in [2.75, 3.05) is 13.7 Å². The first-order valence-electron chi connectivity index (χ1n) is 6.02. The number of carbonyl (C=O) groups excluding carboxylic acids is 1. The summed E-state index contributed by atoms with van der Waals surface area (Å²) in [5.74, 6) is 0.276. The van der Waals surface area contributed by atoms with E-state index in [1.807, 2.05) is 24.3 Å². The molecule has 0 aliphatic heterocycles. The smallest absolute Gasteiger partial charge is 0.270 e. The number of hydrogen-bond donors (Lipinski definition) is 2. The van der Waals surface area contributed by atoms with Gasteiger partial charge in [0.25, 0.3) is 5.91 Å². The number of fused-ring (bicyclic) bond motifs is 1. The van der Waals surface area contributed by atoms with Gasteiger partial charge in [0, 0.05) is 18.0 Å². The average molecular weight is 260 g/mol. The molecule has 1 heterocycles. The van der Waals surface area contributed by atoms with Gasteiger partial charge in [0.1, 0.15) is 11.4 Å². The summed E-state index contributed by atoms with van der Waals surface area (Å²) < 4.78 is 5.27. The molecule has 0 saturated heterocycles. The van der Waals surface area contributed by atoms with Gasteiger partial charge in [-0.15, -0.1) is 0 Å². The number of pyridine rings is 1. The van der Waals surface area contributed by atoms with Crippen LogP contribution >= 0.6 is 0 Å². The molecule has 0 spiro atoms. The topological polar surface area (TPSA) is 71.5 Å². The molecule has 2 rings (SSSR count). The first kappa shape index (κ1) is 13.3. The Balaban J connectivity index is 2.36. The van der Waals surface area contributed by atoms with Crippen LogP contribution in [0, 0.1) is 0 Å². The summed E-state index contributed by atoms with van der Waals surface area (Å²) in [5, 5.41) is 12.6. The zero-order valence-corrected chi connectivity index (χ0v) is 10.9. The SMILES string of the molecule is COc1cc(C(=O)NCC(C)O)nc2ccccc12. The number of aromatic nitrogens is 1. The lowest BCUT2D eigenvalue weighted by molar-refractivity contribution is 0.0919. The molecule has 1 aromatic heterocycles. The van der Waals surface area contributed by atoms with Gasteiger partial charge in [-0.1, -0.05) is 12.1 Å². The molecule has 1 unspecified atom stereocenters. The minimum absolute atomic E-state index is 0.190. The fourth-order valence-corrected chi connectivity index (χ4v) is 1.76. The normalized spacial score (nSPS) is 12.2. The van der Waals surface area contributed by atoms with Crippen molar-refractivity contribution in [3.05, 3.63) is 36.0 Å². The fraction of sp³-hybridized carbons (Fsp3) is 0.286. The lowest BCUT2D eigenvalue weighted by Gasteiger charge is -2.10. The number of aliphatic hydroxyl groups excluding tert-OH is 1. The van der Waals surface area contributed by atoms with Gasteiger partial charge in [-0.2, -0.15) is 0 Å². The number of carbonyl (C=O) groups is 1. The van der Waals surface area contributed by atoms with E-state index in [4.69, 9.17) is 9.84 Å². The number of ether oxygens (including phenoxy) is 1. The van der Waals surface area contributed by atoms with E-state index in [1.165, 1.54) is 0 Å². The summed E-state index contributed by atoms with van der Waals surface area (Å²) in [6.07, 6.45) is -0.591. The minimum Gasteiger partial charge on any atom is -0.496 e. The molecule has 0 bridgehead atoms. The molecule has 1 amide bonds. The molecule has 19 heavy (non-hydrogen) atoms. The Bertz CT molecular complexity index is 596. The van der Waals surface area contributed by atoms with Crippen LogP contribution in [-0.4, -0.2) is 35.8 Å². The lowest BCUT2D eigenvalue weighted by atomic mass is 10.1. The van der Waals surface area contributed by atoms with Gasteiger partial charge in [0.15, 0.2) is 0 Å². The molecule has 1 atom stereocenters. The largest absolute Gasteiger partial charge is 0.496 e. The quantitative estimate of drug-likeness (QED) is 0.870. The van der Waals surface area contributed by atoms with Gasteiger partial charge in [0.05, 0.1) is 18.7 Å². The van der Waals surface area contributed by atoms with Crippen LogP contribution in [-0.2, 0) is 0 Å². The van der Waals surface area contributed by atoms with Crippen molar-refractivity contribution in [1.29, 1.82) is 0 Å². The second-order valence-corrected chi connectivity index (χ2v) is 4.29. The van der Waals surface area contributed by atoms with Gasteiger partial charge in [-0.05, 0) is 19.1 Å². The Morgan fingerprint density at radius 1 is 1.47 bits per heavy atom. The number of benzene rings is 1. The van der Waals surface area contributed by atoms with Gasteiger partial charge in [-0.25, -0.2) is 4.98 Å². The molecule has 5 nitrogen and oxygen atoms in total. The predicted molar refractivity (Wildman–Crippen MR) is 72.3 cm³/mol. The molecule has 100 valence electrons. The third-order valence-electron chi connectivity index (χ3n) is 2.69. The first-order chi connectivity index (χ1) is 9.11. The maximum Gasteiger partial charge on any atom is 0.270 e. The summed E-state index contributed by atoms with van der Waals surface area (Å²) in [6, 6.07) is 9.05. The predicted octanol–water partition coefficient (Wildman–Crippen LogP) is 1.35. The van der Waals surface area contributed by atoms with Gasteiger partial charge < -0.3 is 15.2 Å². The molecule has 0 saturated carbocycles. The van der Waals surface area contributed by atoms with Crippen LogP contribution in [0.2, 0.25) is 0 Å². The number of para-hydroxylation sites is 1. The van der Waals surface area contributed by atoms with Crippen molar-refractivity contribution in [2.24, 2.45) is 0 Å². The number of methoxy groups -OCH3 is 1. The molecule has 1 aromatic carbocycles. The number of nitrogens with zero attached hydrogens (tertiary/aromatic N) is 1. The molecular weight excluding hydrogens is 244 g/mol. The average Bonchev–Trinajstić information content (AvgIpc) is 2.43. The third-order valence-corrected chi connectivity index (χ3v) is 2.69. The molecule has 2 N–H and O–H groups in total. The Hall–Kier alpha value is -2.14. The highest BCUT2D eigenvalue weighted by atomic mass is 16.5. The maximum atomic E-state index is 11.9. The van der Waals surface area contributed by atoms with Crippen LogP contribution in [0.4, 0.5) is 0 Å². The zero-order chi connectivity index (χ0) is 13.8. The molecule has 0 fully saturated rings. The first-order valence-corrected chi connectivity index (χ1v) is 6.02. The Kier molecular flexibility index (Phi) is 3.97. The third kappa shape index (κ3) is 3.00. The summed E-state index contributed by atoms with van der Waals surface area (Å²) in [7, 11) is 1.55. The van der Waals surface area contributed by atoms with Crippen LogP contribution in [0.3, 0.4) is 0 Å². The van der Waals surface area contributed by atoms with Gasteiger partial charge >= 0.3 is 0 Å². The monoisotopic (exact) mass is 260 g/mol. The highest BCUT2D eigenvalue weighted by Crippen LogP contribution is 2.24. The van der Waals surface area contributed by atoms with Gasteiger partial charge in [0.2, 0.25) is 0 Å².